The van der Waals surface area contributed by atoms with Crippen LogP contribution in [0.15, 0.2) is 36.4 Å². The van der Waals surface area contributed by atoms with Gasteiger partial charge in [0.1, 0.15) is 23.2 Å². The number of amides is 3. The number of benzene rings is 2. The van der Waals surface area contributed by atoms with Crippen LogP contribution < -0.4 is 14.8 Å². The van der Waals surface area contributed by atoms with Crippen molar-refractivity contribution >= 4 is 17.7 Å². The molecular formula is C25H29F2N3O5. The first-order chi connectivity index (χ1) is 16.7. The first kappa shape index (κ1) is 25.9. The number of hydrogen-bond donors (Lipinski definition) is 1. The molecule has 1 aliphatic heterocycles. The molecule has 3 amide bonds. The Morgan fingerprint density at radius 2 is 1.46 bits per heavy atom. The summed E-state index contributed by atoms with van der Waals surface area (Å²) in [5.41, 5.74) is -0.294. The van der Waals surface area contributed by atoms with Crippen molar-refractivity contribution in [3.63, 3.8) is 0 Å². The maximum Gasteiger partial charge on any atom is 0.257 e. The molecule has 1 saturated heterocycles. The Kier molecular flexibility index (Phi) is 8.26. The second-order valence-electron chi connectivity index (χ2n) is 8.48. The number of ether oxygens (including phenoxy) is 2. The first-order valence-electron chi connectivity index (χ1n) is 11.2. The predicted octanol–water partition coefficient (Wildman–Crippen LogP) is 2.72. The number of nitrogens with zero attached hydrogens (tertiary/aromatic N) is 2. The number of carbonyl (C=O) groups is 3. The molecule has 0 bridgehead atoms. The number of methoxy groups -OCH3 is 2. The molecule has 8 nitrogen and oxygen atoms in total. The van der Waals surface area contributed by atoms with Crippen LogP contribution in [0.5, 0.6) is 11.5 Å². The van der Waals surface area contributed by atoms with E-state index in [0.29, 0.717) is 30.2 Å². The van der Waals surface area contributed by atoms with Crippen LogP contribution in [0, 0.1) is 17.6 Å². The Morgan fingerprint density at radius 1 is 0.886 bits per heavy atom. The van der Waals surface area contributed by atoms with E-state index >= 15 is 0 Å². The van der Waals surface area contributed by atoms with Crippen LogP contribution in [0.1, 0.15) is 34.6 Å². The van der Waals surface area contributed by atoms with Crippen molar-refractivity contribution in [1.29, 1.82) is 0 Å². The van der Waals surface area contributed by atoms with Gasteiger partial charge in [-0.05, 0) is 36.2 Å². The monoisotopic (exact) mass is 489 g/mol. The van der Waals surface area contributed by atoms with E-state index in [9.17, 15) is 23.2 Å². The minimum absolute atomic E-state index is 0.207. The highest BCUT2D eigenvalue weighted by molar-refractivity contribution is 5.98. The Labute approximate surface area is 202 Å². The number of nitrogens with one attached hydrogen (secondary N) is 1. The van der Waals surface area contributed by atoms with Crippen LogP contribution in [-0.2, 0) is 4.79 Å². The second-order valence-corrected chi connectivity index (χ2v) is 8.48. The van der Waals surface area contributed by atoms with Crippen molar-refractivity contribution in [2.45, 2.75) is 19.9 Å². The second kappa shape index (κ2) is 11.2. The molecule has 0 radical (unpaired) electrons. The Morgan fingerprint density at radius 3 is 2.00 bits per heavy atom. The van der Waals surface area contributed by atoms with Gasteiger partial charge in [-0.15, -0.1) is 0 Å². The van der Waals surface area contributed by atoms with Gasteiger partial charge in [0.15, 0.2) is 11.5 Å². The largest absolute Gasteiger partial charge is 0.493 e. The maximum atomic E-state index is 14.0. The minimum atomic E-state index is -1.00. The summed E-state index contributed by atoms with van der Waals surface area (Å²) in [5, 5.41) is 2.48. The highest BCUT2D eigenvalue weighted by Gasteiger charge is 2.33. The maximum absolute atomic E-state index is 14.0. The molecule has 2 aromatic carbocycles. The van der Waals surface area contributed by atoms with Gasteiger partial charge in [0.05, 0.1) is 14.2 Å². The average Bonchev–Trinajstić information content (AvgIpc) is 2.85. The normalized spacial score (nSPS) is 14.5. The van der Waals surface area contributed by atoms with Gasteiger partial charge in [0, 0.05) is 31.7 Å². The quantitative estimate of drug-likeness (QED) is 0.646. The molecule has 0 aliphatic carbocycles. The van der Waals surface area contributed by atoms with Crippen molar-refractivity contribution in [2.75, 3.05) is 40.4 Å². The predicted molar refractivity (Wildman–Crippen MR) is 124 cm³/mol. The van der Waals surface area contributed by atoms with Gasteiger partial charge in [0.25, 0.3) is 11.8 Å². The minimum Gasteiger partial charge on any atom is -0.493 e. The van der Waals surface area contributed by atoms with E-state index in [-0.39, 0.29) is 30.8 Å². The highest BCUT2D eigenvalue weighted by Crippen LogP contribution is 2.28. The van der Waals surface area contributed by atoms with Gasteiger partial charge in [-0.2, -0.15) is 0 Å². The molecule has 0 aromatic heterocycles. The molecule has 0 saturated carbocycles. The molecule has 1 fully saturated rings. The fourth-order valence-electron chi connectivity index (χ4n) is 3.92. The van der Waals surface area contributed by atoms with Crippen LogP contribution >= 0.6 is 0 Å². The molecule has 3 rings (SSSR count). The number of carbonyl (C=O) groups excluding carboxylic acids is 3. The Balaban J connectivity index is 1.65. The summed E-state index contributed by atoms with van der Waals surface area (Å²) in [5.74, 6) is -2.95. The van der Waals surface area contributed by atoms with E-state index in [1.165, 1.54) is 14.2 Å². The summed E-state index contributed by atoms with van der Waals surface area (Å²) in [4.78, 5) is 41.8. The number of rotatable bonds is 7. The zero-order valence-corrected chi connectivity index (χ0v) is 20.1. The van der Waals surface area contributed by atoms with Crippen molar-refractivity contribution in [2.24, 2.45) is 5.92 Å². The Bertz CT molecular complexity index is 1080. The molecule has 2 aromatic rings. The Hall–Kier alpha value is -3.69. The number of piperazine rings is 1. The van der Waals surface area contributed by atoms with E-state index in [0.717, 1.165) is 18.2 Å². The summed E-state index contributed by atoms with van der Waals surface area (Å²) in [6.45, 7) is 4.56. The molecule has 1 heterocycles. The SMILES string of the molecule is COc1ccc(C(=O)N2CCN(C(=O)[C@@H](NC(=O)c3c(F)cccc3F)C(C)C)CC2)cc1OC. The van der Waals surface area contributed by atoms with Crippen LogP contribution in [0.2, 0.25) is 0 Å². The first-order valence-corrected chi connectivity index (χ1v) is 11.2. The smallest absolute Gasteiger partial charge is 0.257 e. The zero-order chi connectivity index (χ0) is 25.7. The lowest BCUT2D eigenvalue weighted by Crippen LogP contribution is -2.57. The van der Waals surface area contributed by atoms with Gasteiger partial charge >= 0.3 is 0 Å². The molecule has 10 heteroatoms. The van der Waals surface area contributed by atoms with Gasteiger partial charge in [-0.3, -0.25) is 14.4 Å². The molecule has 188 valence electrons. The van der Waals surface area contributed by atoms with Crippen LogP contribution in [0.3, 0.4) is 0 Å². The summed E-state index contributed by atoms with van der Waals surface area (Å²) in [7, 11) is 3.00. The fourth-order valence-corrected chi connectivity index (χ4v) is 3.92. The number of hydrogen-bond acceptors (Lipinski definition) is 5. The summed E-state index contributed by atoms with van der Waals surface area (Å²) in [6, 6.07) is 7.06. The van der Waals surface area contributed by atoms with Crippen LogP contribution in [0.25, 0.3) is 0 Å². The lowest BCUT2D eigenvalue weighted by Gasteiger charge is -2.37. The molecule has 0 spiro atoms. The fraction of sp³-hybridized carbons (Fsp3) is 0.400. The zero-order valence-electron chi connectivity index (χ0n) is 20.1. The molecule has 0 unspecified atom stereocenters. The van der Waals surface area contributed by atoms with E-state index in [2.05, 4.69) is 5.32 Å². The summed E-state index contributed by atoms with van der Waals surface area (Å²) < 4.78 is 38.5. The number of halogens is 2. The van der Waals surface area contributed by atoms with Gasteiger partial charge in [-0.1, -0.05) is 19.9 Å². The van der Waals surface area contributed by atoms with Crippen molar-refractivity contribution < 1.29 is 32.6 Å². The van der Waals surface area contributed by atoms with E-state index < -0.39 is 29.1 Å². The third-order valence-electron chi connectivity index (χ3n) is 5.92. The van der Waals surface area contributed by atoms with E-state index in [4.69, 9.17) is 9.47 Å². The van der Waals surface area contributed by atoms with Gasteiger partial charge in [0.2, 0.25) is 5.91 Å². The van der Waals surface area contributed by atoms with Gasteiger partial charge < -0.3 is 24.6 Å². The van der Waals surface area contributed by atoms with Crippen molar-refractivity contribution in [3.05, 3.63) is 59.2 Å². The lowest BCUT2D eigenvalue weighted by molar-refractivity contribution is -0.135. The standard InChI is InChI=1S/C25H29F2N3O5/c1-15(2)22(28-23(31)21-17(26)6-5-7-18(21)27)25(33)30-12-10-29(11-13-30)24(32)16-8-9-19(34-3)20(14-16)35-4/h5-9,14-15,22H,10-13H2,1-4H3,(H,28,31)/t22-/m0/s1. The van der Waals surface area contributed by atoms with Crippen LogP contribution in [0.4, 0.5) is 8.78 Å². The lowest BCUT2D eigenvalue weighted by atomic mass is 10.0. The van der Waals surface area contributed by atoms with E-state index in [1.54, 1.807) is 41.8 Å². The molecule has 1 N–H and O–H groups in total. The molecule has 1 atom stereocenters. The molecule has 1 aliphatic rings. The van der Waals surface area contributed by atoms with Crippen molar-refractivity contribution in [3.8, 4) is 11.5 Å². The van der Waals surface area contributed by atoms with Crippen molar-refractivity contribution in [1.82, 2.24) is 15.1 Å². The molecule has 35 heavy (non-hydrogen) atoms. The highest BCUT2D eigenvalue weighted by atomic mass is 19.1. The topological polar surface area (TPSA) is 88.2 Å². The summed E-state index contributed by atoms with van der Waals surface area (Å²) in [6.07, 6.45) is 0. The van der Waals surface area contributed by atoms with Crippen LogP contribution in [-0.4, -0.2) is 74.0 Å². The van der Waals surface area contributed by atoms with Gasteiger partial charge in [-0.25, -0.2) is 8.78 Å². The average molecular weight is 490 g/mol. The third-order valence-corrected chi connectivity index (χ3v) is 5.92. The molecular weight excluding hydrogens is 460 g/mol. The van der Waals surface area contributed by atoms with E-state index in [1.807, 2.05) is 0 Å². The summed E-state index contributed by atoms with van der Waals surface area (Å²) >= 11 is 0. The third kappa shape index (κ3) is 5.70.